The van der Waals surface area contributed by atoms with Gasteiger partial charge in [0.05, 0.1) is 12.3 Å². The van der Waals surface area contributed by atoms with Crippen molar-refractivity contribution in [3.63, 3.8) is 0 Å². The van der Waals surface area contributed by atoms with Crippen LogP contribution in [0.4, 0.5) is 4.39 Å². The lowest BCUT2D eigenvalue weighted by Gasteiger charge is -2.19. The summed E-state index contributed by atoms with van der Waals surface area (Å²) in [6.45, 7) is 0. The van der Waals surface area contributed by atoms with E-state index in [4.69, 9.17) is 0 Å². The number of halogens is 1. The van der Waals surface area contributed by atoms with Crippen LogP contribution >= 0.6 is 11.8 Å². The summed E-state index contributed by atoms with van der Waals surface area (Å²) in [6.07, 6.45) is 6.04. The lowest BCUT2D eigenvalue weighted by molar-refractivity contribution is 0.166. The predicted molar refractivity (Wildman–Crippen MR) is 54.6 cm³/mol. The Morgan fingerprint density at radius 3 is 2.79 bits per heavy atom. The number of rotatable bonds is 3. The molecule has 0 spiro atoms. The maximum absolute atomic E-state index is 12.9. The van der Waals surface area contributed by atoms with Crippen LogP contribution in [-0.2, 0) is 0 Å². The number of hydrogen-bond acceptors (Lipinski definition) is 3. The van der Waals surface area contributed by atoms with Gasteiger partial charge >= 0.3 is 0 Å². The second-order valence-corrected chi connectivity index (χ2v) is 4.83. The molecule has 76 valence electrons. The number of hydrogen-bond donors (Lipinski definition) is 1. The first-order valence-corrected chi connectivity index (χ1v) is 5.74. The minimum Gasteiger partial charge on any atom is -0.387 e. The van der Waals surface area contributed by atoms with Crippen LogP contribution in [0.5, 0.6) is 0 Å². The van der Waals surface area contributed by atoms with E-state index in [0.717, 1.165) is 19.0 Å². The molecule has 2 nitrogen and oxygen atoms in total. The Labute approximate surface area is 86.6 Å². The van der Waals surface area contributed by atoms with Gasteiger partial charge in [0.25, 0.3) is 0 Å². The first-order valence-electron chi connectivity index (χ1n) is 4.52. The lowest BCUT2D eigenvalue weighted by atomic mass is 10.1. The highest BCUT2D eigenvalue weighted by Gasteiger charge is 2.49. The molecule has 1 aliphatic rings. The first-order chi connectivity index (χ1) is 6.68. The molecule has 0 amide bonds. The second kappa shape index (κ2) is 3.51. The summed E-state index contributed by atoms with van der Waals surface area (Å²) < 4.78 is 12.8. The Morgan fingerprint density at radius 2 is 2.29 bits per heavy atom. The van der Waals surface area contributed by atoms with E-state index < -0.39 is 11.9 Å². The maximum atomic E-state index is 12.9. The van der Waals surface area contributed by atoms with E-state index in [2.05, 4.69) is 4.98 Å². The number of nitrogens with zero attached hydrogens (tertiary/aromatic N) is 1. The molecular formula is C10H12FNOS. The fraction of sp³-hybridized carbons (Fsp3) is 0.500. The Kier molecular flexibility index (Phi) is 2.49. The second-order valence-electron chi connectivity index (χ2n) is 3.61. The van der Waals surface area contributed by atoms with Crippen LogP contribution in [0.15, 0.2) is 18.5 Å². The number of aliphatic hydroxyl groups excluding tert-OH is 1. The number of aliphatic hydroxyl groups is 1. The average molecular weight is 213 g/mol. The monoisotopic (exact) mass is 213 g/mol. The standard InChI is InChI=1S/C10H12FNOS/c1-14-10(2-3-10)9(13)7-4-8(11)6-12-5-7/h4-6,9,13H,2-3H2,1H3. The van der Waals surface area contributed by atoms with Gasteiger partial charge in [-0.2, -0.15) is 11.8 Å². The normalized spacial score (nSPS) is 20.5. The van der Waals surface area contributed by atoms with Crippen LogP contribution < -0.4 is 0 Å². The van der Waals surface area contributed by atoms with Crippen molar-refractivity contribution >= 4 is 11.8 Å². The van der Waals surface area contributed by atoms with Crippen LogP contribution in [-0.4, -0.2) is 21.1 Å². The number of aromatic nitrogens is 1. The molecule has 0 aromatic carbocycles. The van der Waals surface area contributed by atoms with Crippen molar-refractivity contribution in [2.45, 2.75) is 23.7 Å². The van der Waals surface area contributed by atoms with Crippen LogP contribution in [0.1, 0.15) is 24.5 Å². The third-order valence-electron chi connectivity index (χ3n) is 2.69. The van der Waals surface area contributed by atoms with Crippen molar-refractivity contribution in [2.24, 2.45) is 0 Å². The quantitative estimate of drug-likeness (QED) is 0.835. The van der Waals surface area contributed by atoms with Crippen molar-refractivity contribution < 1.29 is 9.50 Å². The van der Waals surface area contributed by atoms with Crippen molar-refractivity contribution in [1.29, 1.82) is 0 Å². The van der Waals surface area contributed by atoms with E-state index in [-0.39, 0.29) is 4.75 Å². The van der Waals surface area contributed by atoms with Gasteiger partial charge in [-0.3, -0.25) is 4.98 Å². The number of pyridine rings is 1. The van der Waals surface area contributed by atoms with Gasteiger partial charge in [0.15, 0.2) is 0 Å². The van der Waals surface area contributed by atoms with Gasteiger partial charge in [-0.1, -0.05) is 0 Å². The Morgan fingerprint density at radius 1 is 1.57 bits per heavy atom. The highest BCUT2D eigenvalue weighted by molar-refractivity contribution is 8.00. The van der Waals surface area contributed by atoms with Crippen LogP contribution in [0.25, 0.3) is 0 Å². The summed E-state index contributed by atoms with van der Waals surface area (Å²) in [5, 5.41) is 10.0. The maximum Gasteiger partial charge on any atom is 0.141 e. The summed E-state index contributed by atoms with van der Waals surface area (Å²) in [7, 11) is 0. The summed E-state index contributed by atoms with van der Waals surface area (Å²) >= 11 is 1.65. The zero-order valence-electron chi connectivity index (χ0n) is 7.90. The molecule has 1 unspecified atom stereocenters. The smallest absolute Gasteiger partial charge is 0.141 e. The highest BCUT2D eigenvalue weighted by Crippen LogP contribution is 2.55. The molecule has 1 aromatic rings. The molecule has 1 aliphatic carbocycles. The van der Waals surface area contributed by atoms with Crippen LogP contribution in [0.2, 0.25) is 0 Å². The molecule has 1 N–H and O–H groups in total. The Balaban J connectivity index is 2.23. The average Bonchev–Trinajstić information content (AvgIpc) is 2.97. The van der Waals surface area contributed by atoms with Crippen molar-refractivity contribution in [3.05, 3.63) is 29.8 Å². The minimum absolute atomic E-state index is 0.0878. The molecule has 0 bridgehead atoms. The van der Waals surface area contributed by atoms with Gasteiger partial charge in [-0.15, -0.1) is 0 Å². The van der Waals surface area contributed by atoms with Gasteiger partial charge in [0.2, 0.25) is 0 Å². The van der Waals surface area contributed by atoms with Crippen molar-refractivity contribution in [1.82, 2.24) is 4.98 Å². The fourth-order valence-corrected chi connectivity index (χ4v) is 2.46. The van der Waals surface area contributed by atoms with E-state index in [1.165, 1.54) is 12.3 Å². The van der Waals surface area contributed by atoms with E-state index in [9.17, 15) is 9.50 Å². The minimum atomic E-state index is -0.597. The fourth-order valence-electron chi connectivity index (χ4n) is 1.59. The van der Waals surface area contributed by atoms with E-state index in [1.807, 2.05) is 6.26 Å². The molecule has 0 saturated heterocycles. The third-order valence-corrected chi connectivity index (χ3v) is 4.13. The summed E-state index contributed by atoms with van der Waals surface area (Å²) in [5.74, 6) is -0.390. The van der Waals surface area contributed by atoms with Gasteiger partial charge < -0.3 is 5.11 Å². The summed E-state index contributed by atoms with van der Waals surface area (Å²) in [4.78, 5) is 3.74. The molecule has 4 heteroatoms. The van der Waals surface area contributed by atoms with E-state index >= 15 is 0 Å². The van der Waals surface area contributed by atoms with Crippen molar-refractivity contribution in [3.8, 4) is 0 Å². The zero-order chi connectivity index (χ0) is 10.2. The van der Waals surface area contributed by atoms with E-state index in [0.29, 0.717) is 5.56 Å². The van der Waals surface area contributed by atoms with Gasteiger partial charge in [-0.05, 0) is 25.2 Å². The molecule has 0 aliphatic heterocycles. The SMILES string of the molecule is CSC1(C(O)c2cncc(F)c2)CC1. The molecule has 1 saturated carbocycles. The summed E-state index contributed by atoms with van der Waals surface area (Å²) in [6, 6.07) is 1.36. The molecule has 0 radical (unpaired) electrons. The molecule has 1 fully saturated rings. The Hall–Kier alpha value is -0.610. The largest absolute Gasteiger partial charge is 0.387 e. The van der Waals surface area contributed by atoms with Gasteiger partial charge in [0.1, 0.15) is 5.82 Å². The van der Waals surface area contributed by atoms with Crippen LogP contribution in [0, 0.1) is 5.82 Å². The van der Waals surface area contributed by atoms with Gasteiger partial charge in [-0.25, -0.2) is 4.39 Å². The molecule has 1 heterocycles. The van der Waals surface area contributed by atoms with Crippen molar-refractivity contribution in [2.75, 3.05) is 6.26 Å². The highest BCUT2D eigenvalue weighted by atomic mass is 32.2. The first kappa shape index (κ1) is 9.93. The molecule has 1 aromatic heterocycles. The van der Waals surface area contributed by atoms with E-state index in [1.54, 1.807) is 11.8 Å². The van der Waals surface area contributed by atoms with Crippen LogP contribution in [0.3, 0.4) is 0 Å². The molecule has 14 heavy (non-hydrogen) atoms. The predicted octanol–water partition coefficient (Wildman–Crippen LogP) is 2.15. The molecular weight excluding hydrogens is 201 g/mol. The molecule has 1 atom stereocenters. The lowest BCUT2D eigenvalue weighted by Crippen LogP contribution is -2.16. The zero-order valence-corrected chi connectivity index (χ0v) is 8.72. The van der Waals surface area contributed by atoms with Gasteiger partial charge in [0, 0.05) is 16.5 Å². The molecule has 2 rings (SSSR count). The third kappa shape index (κ3) is 1.64. The Bertz CT molecular complexity index is 341. The number of thioether (sulfide) groups is 1. The summed E-state index contributed by atoms with van der Waals surface area (Å²) in [5.41, 5.74) is 0.580. The topological polar surface area (TPSA) is 33.1 Å².